The van der Waals surface area contributed by atoms with Gasteiger partial charge in [-0.25, -0.2) is 4.39 Å². The van der Waals surface area contributed by atoms with Gasteiger partial charge in [-0.05, 0) is 17.5 Å². The summed E-state index contributed by atoms with van der Waals surface area (Å²) in [6.45, 7) is 1.49. The van der Waals surface area contributed by atoms with Crippen LogP contribution in [-0.2, 0) is 16.1 Å². The van der Waals surface area contributed by atoms with E-state index in [2.05, 4.69) is 10.4 Å². The summed E-state index contributed by atoms with van der Waals surface area (Å²) in [7, 11) is 0. The van der Waals surface area contributed by atoms with E-state index in [1.165, 1.54) is 23.0 Å². The van der Waals surface area contributed by atoms with E-state index in [1.807, 2.05) is 0 Å². The van der Waals surface area contributed by atoms with E-state index in [9.17, 15) is 14.0 Å². The molecule has 2 N–H and O–H groups in total. The molecule has 22 heavy (non-hydrogen) atoms. The number of anilines is 1. The van der Waals surface area contributed by atoms with Gasteiger partial charge in [-0.2, -0.15) is 5.10 Å². The highest BCUT2D eigenvalue weighted by Gasteiger charge is 2.15. The summed E-state index contributed by atoms with van der Waals surface area (Å²) in [6.07, 6.45) is 1.57. The summed E-state index contributed by atoms with van der Waals surface area (Å²) < 4.78 is 14.8. The number of carbonyl (C=O) groups excluding carboxylic acids is 1. The minimum atomic E-state index is -1.02. The molecule has 1 aromatic carbocycles. The van der Waals surface area contributed by atoms with Gasteiger partial charge in [0.25, 0.3) is 0 Å². The van der Waals surface area contributed by atoms with Crippen molar-refractivity contribution in [2.45, 2.75) is 25.8 Å². The predicted octanol–water partition coefficient (Wildman–Crippen LogP) is 2.24. The molecule has 0 aliphatic carbocycles. The summed E-state index contributed by atoms with van der Waals surface area (Å²) in [5.74, 6) is -1.67. The molecule has 0 fully saturated rings. The van der Waals surface area contributed by atoms with Gasteiger partial charge in [-0.15, -0.1) is 0 Å². The summed E-state index contributed by atoms with van der Waals surface area (Å²) in [4.78, 5) is 22.5. The monoisotopic (exact) mass is 305 g/mol. The van der Waals surface area contributed by atoms with Crippen molar-refractivity contribution in [1.29, 1.82) is 0 Å². The van der Waals surface area contributed by atoms with Gasteiger partial charge in [-0.3, -0.25) is 14.3 Å². The number of hydrogen-bond acceptors (Lipinski definition) is 3. The lowest BCUT2D eigenvalue weighted by Gasteiger charge is -2.12. The van der Waals surface area contributed by atoms with Crippen molar-refractivity contribution in [2.75, 3.05) is 5.32 Å². The van der Waals surface area contributed by atoms with E-state index in [4.69, 9.17) is 5.11 Å². The molecular formula is C15H16FN3O3. The Morgan fingerprint density at radius 1 is 1.36 bits per heavy atom. The van der Waals surface area contributed by atoms with Crippen LogP contribution in [0.25, 0.3) is 0 Å². The van der Waals surface area contributed by atoms with Gasteiger partial charge in [0.2, 0.25) is 5.91 Å². The molecule has 0 aliphatic heterocycles. The fourth-order valence-electron chi connectivity index (χ4n) is 2.11. The van der Waals surface area contributed by atoms with Crippen molar-refractivity contribution in [2.24, 2.45) is 0 Å². The first-order valence-electron chi connectivity index (χ1n) is 6.75. The van der Waals surface area contributed by atoms with Crippen molar-refractivity contribution >= 4 is 17.7 Å². The van der Waals surface area contributed by atoms with Crippen LogP contribution in [0.2, 0.25) is 0 Å². The highest BCUT2D eigenvalue weighted by atomic mass is 19.1. The molecule has 0 saturated carbocycles. The molecule has 1 atom stereocenters. The number of aromatic nitrogens is 2. The number of carboxylic acids is 1. The Balaban J connectivity index is 1.94. The van der Waals surface area contributed by atoms with E-state index in [0.717, 1.165) is 0 Å². The second kappa shape index (κ2) is 6.84. The van der Waals surface area contributed by atoms with Crippen molar-refractivity contribution in [1.82, 2.24) is 9.78 Å². The molecule has 0 saturated heterocycles. The first kappa shape index (κ1) is 15.7. The smallest absolute Gasteiger partial charge is 0.325 e. The van der Waals surface area contributed by atoms with Gasteiger partial charge in [0.15, 0.2) is 5.82 Å². The number of hydrogen-bond donors (Lipinski definition) is 2. The van der Waals surface area contributed by atoms with Crippen LogP contribution in [0.1, 0.15) is 24.8 Å². The number of benzene rings is 1. The maximum atomic E-state index is 13.6. The molecule has 116 valence electrons. The SMILES string of the molecule is CC(CC(=O)Nc1ccn(CC(=O)O)n1)c1ccccc1F. The molecule has 1 unspecified atom stereocenters. The number of nitrogens with zero attached hydrogens (tertiary/aromatic N) is 2. The van der Waals surface area contributed by atoms with Crippen LogP contribution in [0.5, 0.6) is 0 Å². The lowest BCUT2D eigenvalue weighted by molar-refractivity contribution is -0.137. The zero-order valence-electron chi connectivity index (χ0n) is 12.0. The number of aliphatic carboxylic acids is 1. The molecule has 1 amide bonds. The molecule has 2 aromatic rings. The van der Waals surface area contributed by atoms with Crippen molar-refractivity contribution in [3.63, 3.8) is 0 Å². The Hall–Kier alpha value is -2.70. The molecule has 0 spiro atoms. The maximum absolute atomic E-state index is 13.6. The van der Waals surface area contributed by atoms with Gasteiger partial charge >= 0.3 is 5.97 Å². The lowest BCUT2D eigenvalue weighted by atomic mass is 9.97. The third kappa shape index (κ3) is 4.15. The third-order valence-corrected chi connectivity index (χ3v) is 3.13. The predicted molar refractivity (Wildman–Crippen MR) is 77.9 cm³/mol. The van der Waals surface area contributed by atoms with E-state index < -0.39 is 5.97 Å². The number of carbonyl (C=O) groups is 2. The van der Waals surface area contributed by atoms with E-state index in [1.54, 1.807) is 25.1 Å². The summed E-state index contributed by atoms with van der Waals surface area (Å²) in [5, 5.41) is 15.1. The molecular weight excluding hydrogens is 289 g/mol. The minimum Gasteiger partial charge on any atom is -0.480 e. The average Bonchev–Trinajstić information content (AvgIpc) is 2.85. The Morgan fingerprint density at radius 2 is 2.09 bits per heavy atom. The third-order valence-electron chi connectivity index (χ3n) is 3.13. The number of halogens is 1. The van der Waals surface area contributed by atoms with Crippen LogP contribution in [-0.4, -0.2) is 26.8 Å². The molecule has 2 rings (SSSR count). The van der Waals surface area contributed by atoms with Gasteiger partial charge < -0.3 is 10.4 Å². The standard InChI is InChI=1S/C15H16FN3O3/c1-10(11-4-2-3-5-12(11)16)8-14(20)17-13-6-7-19(18-13)9-15(21)22/h2-7,10H,8-9H2,1H3,(H,21,22)(H,17,18,20). The van der Waals surface area contributed by atoms with Crippen molar-refractivity contribution in [3.05, 3.63) is 47.9 Å². The van der Waals surface area contributed by atoms with Gasteiger partial charge in [0, 0.05) is 18.7 Å². The summed E-state index contributed by atoms with van der Waals surface area (Å²) in [5.41, 5.74) is 0.481. The summed E-state index contributed by atoms with van der Waals surface area (Å²) in [6, 6.07) is 7.84. The first-order valence-corrected chi connectivity index (χ1v) is 6.75. The van der Waals surface area contributed by atoms with Crippen molar-refractivity contribution in [3.8, 4) is 0 Å². The highest BCUT2D eigenvalue weighted by Crippen LogP contribution is 2.22. The summed E-state index contributed by atoms with van der Waals surface area (Å²) >= 11 is 0. The fraction of sp³-hybridized carbons (Fsp3) is 0.267. The average molecular weight is 305 g/mol. The molecule has 0 aliphatic rings. The maximum Gasteiger partial charge on any atom is 0.325 e. The van der Waals surface area contributed by atoms with Gasteiger partial charge in [0.05, 0.1) is 0 Å². The van der Waals surface area contributed by atoms with E-state index in [-0.39, 0.29) is 36.4 Å². The Morgan fingerprint density at radius 3 is 2.77 bits per heavy atom. The van der Waals surface area contributed by atoms with Crippen LogP contribution in [0.4, 0.5) is 10.2 Å². The molecule has 1 heterocycles. The van der Waals surface area contributed by atoms with Crippen LogP contribution in [0.15, 0.2) is 36.5 Å². The zero-order valence-corrected chi connectivity index (χ0v) is 12.0. The Kier molecular flexibility index (Phi) is 4.88. The molecule has 1 aromatic heterocycles. The van der Waals surface area contributed by atoms with Crippen LogP contribution in [0.3, 0.4) is 0 Å². The number of carboxylic acid groups (broad SMARTS) is 1. The largest absolute Gasteiger partial charge is 0.480 e. The lowest BCUT2D eigenvalue weighted by Crippen LogP contribution is -2.16. The molecule has 0 radical (unpaired) electrons. The minimum absolute atomic E-state index is 0.104. The van der Waals surface area contributed by atoms with E-state index >= 15 is 0 Å². The highest BCUT2D eigenvalue weighted by molar-refractivity contribution is 5.90. The first-order chi connectivity index (χ1) is 10.5. The normalized spacial score (nSPS) is 11.9. The van der Waals surface area contributed by atoms with Gasteiger partial charge in [-0.1, -0.05) is 25.1 Å². The zero-order chi connectivity index (χ0) is 16.1. The van der Waals surface area contributed by atoms with Crippen molar-refractivity contribution < 1.29 is 19.1 Å². The fourth-order valence-corrected chi connectivity index (χ4v) is 2.11. The second-order valence-electron chi connectivity index (χ2n) is 4.97. The van der Waals surface area contributed by atoms with Crippen LogP contribution < -0.4 is 5.32 Å². The molecule has 6 nitrogen and oxygen atoms in total. The van der Waals surface area contributed by atoms with Crippen LogP contribution >= 0.6 is 0 Å². The Bertz CT molecular complexity index is 684. The van der Waals surface area contributed by atoms with Crippen LogP contribution in [0, 0.1) is 5.82 Å². The number of nitrogens with one attached hydrogen (secondary N) is 1. The van der Waals surface area contributed by atoms with Gasteiger partial charge in [0.1, 0.15) is 12.4 Å². The topological polar surface area (TPSA) is 84.2 Å². The quantitative estimate of drug-likeness (QED) is 0.857. The molecule has 7 heteroatoms. The Labute approximate surface area is 126 Å². The second-order valence-corrected chi connectivity index (χ2v) is 4.97. The molecule has 0 bridgehead atoms. The number of amides is 1. The number of rotatable bonds is 6. The van der Waals surface area contributed by atoms with E-state index in [0.29, 0.717) is 5.56 Å².